The quantitative estimate of drug-likeness (QED) is 0.371. The van der Waals surface area contributed by atoms with E-state index in [4.69, 9.17) is 4.74 Å². The molecule has 3 aromatic carbocycles. The topological polar surface area (TPSA) is 89.3 Å². The van der Waals surface area contributed by atoms with Crippen LogP contribution in [0.5, 0.6) is 11.5 Å². The van der Waals surface area contributed by atoms with E-state index in [1.807, 2.05) is 0 Å². The molecular weight excluding hydrogens is 443 g/mol. The van der Waals surface area contributed by atoms with Crippen LogP contribution in [0, 0.1) is 5.82 Å². The molecule has 0 aliphatic rings. The van der Waals surface area contributed by atoms with Crippen LogP contribution in [0.15, 0.2) is 78.0 Å². The molecule has 33 heavy (non-hydrogen) atoms. The number of thioether (sulfide) groups is 1. The summed E-state index contributed by atoms with van der Waals surface area (Å²) < 4.78 is 20.0. The van der Waals surface area contributed by atoms with Gasteiger partial charge in [-0.2, -0.15) is 0 Å². The van der Waals surface area contributed by atoms with Gasteiger partial charge in [0.1, 0.15) is 17.3 Å². The minimum atomic E-state index is -0.322. The number of anilines is 1. The number of para-hydroxylation sites is 1. The number of methoxy groups -OCH3 is 1. The van der Waals surface area contributed by atoms with Crippen LogP contribution in [0.4, 0.5) is 10.1 Å². The zero-order valence-corrected chi connectivity index (χ0v) is 18.6. The van der Waals surface area contributed by atoms with Gasteiger partial charge in [-0.3, -0.25) is 4.79 Å². The number of phenols is 1. The number of aromatic hydroxyl groups is 1. The first-order valence-corrected chi connectivity index (χ1v) is 11.0. The van der Waals surface area contributed by atoms with E-state index in [2.05, 4.69) is 15.4 Å². The van der Waals surface area contributed by atoms with Crippen molar-refractivity contribution in [2.45, 2.75) is 11.7 Å². The number of carbonyl (C=O) groups excluding carboxylic acids is 1. The van der Waals surface area contributed by atoms with Gasteiger partial charge in [-0.05, 0) is 54.1 Å². The predicted octanol–water partition coefficient (Wildman–Crippen LogP) is 4.58. The average Bonchev–Trinajstić information content (AvgIpc) is 3.22. The number of aromatic nitrogens is 3. The normalized spacial score (nSPS) is 10.7. The Hall–Kier alpha value is -3.85. The van der Waals surface area contributed by atoms with Crippen LogP contribution in [0.3, 0.4) is 0 Å². The zero-order valence-electron chi connectivity index (χ0n) is 17.7. The van der Waals surface area contributed by atoms with E-state index in [-0.39, 0.29) is 23.2 Å². The first-order valence-electron chi connectivity index (χ1n) is 10.1. The second-order valence-corrected chi connectivity index (χ2v) is 8.03. The number of ether oxygens (including phenoxy) is 1. The fraction of sp³-hybridized carbons (Fsp3) is 0.125. The van der Waals surface area contributed by atoms with E-state index >= 15 is 0 Å². The lowest BCUT2D eigenvalue weighted by Crippen LogP contribution is -2.14. The van der Waals surface area contributed by atoms with Gasteiger partial charge < -0.3 is 15.2 Å². The highest BCUT2D eigenvalue weighted by Gasteiger charge is 2.16. The summed E-state index contributed by atoms with van der Waals surface area (Å²) in [6.45, 7) is 0.337. The molecule has 0 radical (unpaired) electrons. The van der Waals surface area contributed by atoms with Gasteiger partial charge in [0, 0.05) is 5.69 Å². The van der Waals surface area contributed by atoms with Crippen molar-refractivity contribution in [3.63, 3.8) is 0 Å². The second kappa shape index (κ2) is 10.2. The summed E-state index contributed by atoms with van der Waals surface area (Å²) in [6.07, 6.45) is 0. The third kappa shape index (κ3) is 5.69. The Morgan fingerprint density at radius 3 is 2.52 bits per heavy atom. The van der Waals surface area contributed by atoms with Gasteiger partial charge in [-0.1, -0.05) is 36.0 Å². The number of rotatable bonds is 8. The molecule has 0 bridgehead atoms. The Morgan fingerprint density at radius 2 is 1.82 bits per heavy atom. The first kappa shape index (κ1) is 22.3. The molecule has 0 spiro atoms. The van der Waals surface area contributed by atoms with Crippen molar-refractivity contribution < 1.29 is 19.0 Å². The van der Waals surface area contributed by atoms with Crippen LogP contribution in [0.25, 0.3) is 11.4 Å². The van der Waals surface area contributed by atoms with Crippen molar-refractivity contribution in [1.29, 1.82) is 0 Å². The average molecular weight is 465 g/mol. The standard InChI is InChI=1S/C24H21FN4O3S/c1-32-19-12-10-18(11-13-19)26-22(31)15-33-24-27-23(20-4-2-3-5-21(20)30)28-29(24)14-16-6-8-17(25)9-7-16/h2-13,30H,14-15H2,1H3,(H,26,31). The van der Waals surface area contributed by atoms with E-state index in [9.17, 15) is 14.3 Å². The molecule has 1 heterocycles. The van der Waals surface area contributed by atoms with Crippen molar-refractivity contribution in [2.24, 2.45) is 0 Å². The van der Waals surface area contributed by atoms with Gasteiger partial charge in [-0.15, -0.1) is 5.10 Å². The number of hydrogen-bond donors (Lipinski definition) is 2. The largest absolute Gasteiger partial charge is 0.507 e. The Kier molecular flexibility index (Phi) is 6.89. The lowest BCUT2D eigenvalue weighted by atomic mass is 10.2. The maximum Gasteiger partial charge on any atom is 0.234 e. The van der Waals surface area contributed by atoms with Crippen molar-refractivity contribution in [2.75, 3.05) is 18.2 Å². The molecule has 0 aliphatic carbocycles. The molecule has 2 N–H and O–H groups in total. The minimum absolute atomic E-state index is 0.0604. The van der Waals surface area contributed by atoms with Crippen LogP contribution >= 0.6 is 11.8 Å². The highest BCUT2D eigenvalue weighted by atomic mass is 32.2. The van der Waals surface area contributed by atoms with Crippen LogP contribution < -0.4 is 10.1 Å². The molecule has 1 amide bonds. The fourth-order valence-electron chi connectivity index (χ4n) is 3.08. The third-order valence-corrected chi connectivity index (χ3v) is 5.70. The highest BCUT2D eigenvalue weighted by molar-refractivity contribution is 7.99. The van der Waals surface area contributed by atoms with Crippen molar-refractivity contribution in [3.05, 3.63) is 84.2 Å². The SMILES string of the molecule is COc1ccc(NC(=O)CSc2nc(-c3ccccc3O)nn2Cc2ccc(F)cc2)cc1. The van der Waals surface area contributed by atoms with E-state index in [0.717, 1.165) is 5.56 Å². The molecular formula is C24H21FN4O3S. The van der Waals surface area contributed by atoms with Crippen LogP contribution in [0.1, 0.15) is 5.56 Å². The molecule has 7 nitrogen and oxygen atoms in total. The Labute approximate surface area is 194 Å². The summed E-state index contributed by atoms with van der Waals surface area (Å²) in [5.74, 6) is 0.683. The van der Waals surface area contributed by atoms with Crippen molar-refractivity contribution >= 4 is 23.4 Å². The molecule has 4 rings (SSSR count). The third-order valence-electron chi connectivity index (χ3n) is 4.73. The summed E-state index contributed by atoms with van der Waals surface area (Å²) in [5, 5.41) is 18.1. The number of amides is 1. The number of carbonyl (C=O) groups is 1. The molecule has 168 valence electrons. The molecule has 1 aromatic heterocycles. The first-order chi connectivity index (χ1) is 16.0. The molecule has 0 aliphatic heterocycles. The number of nitrogens with one attached hydrogen (secondary N) is 1. The Morgan fingerprint density at radius 1 is 1.09 bits per heavy atom. The van der Waals surface area contributed by atoms with E-state index in [1.54, 1.807) is 72.5 Å². The van der Waals surface area contributed by atoms with Crippen molar-refractivity contribution in [3.8, 4) is 22.9 Å². The summed E-state index contributed by atoms with van der Waals surface area (Å²) in [7, 11) is 1.58. The zero-order chi connectivity index (χ0) is 23.2. The molecule has 0 saturated carbocycles. The Balaban J connectivity index is 1.52. The maximum absolute atomic E-state index is 13.3. The Bertz CT molecular complexity index is 1240. The molecule has 0 atom stereocenters. The van der Waals surface area contributed by atoms with E-state index < -0.39 is 0 Å². The van der Waals surface area contributed by atoms with Crippen molar-refractivity contribution in [1.82, 2.24) is 14.8 Å². The lowest BCUT2D eigenvalue weighted by Gasteiger charge is -2.07. The van der Waals surface area contributed by atoms with Crippen LogP contribution in [0.2, 0.25) is 0 Å². The van der Waals surface area contributed by atoms with Gasteiger partial charge in [0.15, 0.2) is 11.0 Å². The maximum atomic E-state index is 13.3. The molecule has 0 fully saturated rings. The minimum Gasteiger partial charge on any atom is -0.507 e. The summed E-state index contributed by atoms with van der Waals surface area (Å²) >= 11 is 1.22. The molecule has 0 unspecified atom stereocenters. The van der Waals surface area contributed by atoms with Gasteiger partial charge >= 0.3 is 0 Å². The summed E-state index contributed by atoms with van der Waals surface area (Å²) in [5.41, 5.74) is 1.97. The fourth-order valence-corrected chi connectivity index (χ4v) is 3.82. The van der Waals surface area contributed by atoms with Gasteiger partial charge in [0.05, 0.1) is 25.0 Å². The van der Waals surface area contributed by atoms with E-state index in [1.165, 1.54) is 23.9 Å². The number of hydrogen-bond acceptors (Lipinski definition) is 6. The van der Waals surface area contributed by atoms with Gasteiger partial charge in [0.2, 0.25) is 5.91 Å². The number of halogens is 1. The lowest BCUT2D eigenvalue weighted by molar-refractivity contribution is -0.113. The number of nitrogens with zero attached hydrogens (tertiary/aromatic N) is 3. The monoisotopic (exact) mass is 464 g/mol. The molecule has 0 saturated heterocycles. The second-order valence-electron chi connectivity index (χ2n) is 7.08. The smallest absolute Gasteiger partial charge is 0.234 e. The number of phenolic OH excluding ortho intramolecular Hbond substituents is 1. The summed E-state index contributed by atoms with van der Waals surface area (Å²) in [6, 6.07) is 19.9. The molecule has 9 heteroatoms. The number of benzene rings is 3. The summed E-state index contributed by atoms with van der Waals surface area (Å²) in [4.78, 5) is 17.0. The van der Waals surface area contributed by atoms with Crippen LogP contribution in [-0.4, -0.2) is 38.6 Å². The van der Waals surface area contributed by atoms with Gasteiger partial charge in [-0.25, -0.2) is 14.1 Å². The highest BCUT2D eigenvalue weighted by Crippen LogP contribution is 2.29. The van der Waals surface area contributed by atoms with Gasteiger partial charge in [0.25, 0.3) is 0 Å². The van der Waals surface area contributed by atoms with E-state index in [0.29, 0.717) is 34.5 Å². The van der Waals surface area contributed by atoms with Crippen LogP contribution in [-0.2, 0) is 11.3 Å². The predicted molar refractivity (Wildman–Crippen MR) is 125 cm³/mol. The molecule has 4 aromatic rings.